The van der Waals surface area contributed by atoms with Gasteiger partial charge in [-0.1, -0.05) is 13.8 Å². The Morgan fingerprint density at radius 1 is 1.37 bits per heavy atom. The molecule has 0 radical (unpaired) electrons. The van der Waals surface area contributed by atoms with Gasteiger partial charge in [0.05, 0.1) is 16.9 Å². The number of nitriles is 1. The molecule has 0 aliphatic heterocycles. The van der Waals surface area contributed by atoms with Crippen LogP contribution in [0.25, 0.3) is 0 Å². The van der Waals surface area contributed by atoms with Crippen LogP contribution >= 0.6 is 11.8 Å². The van der Waals surface area contributed by atoms with Gasteiger partial charge in [-0.2, -0.15) is 17.0 Å². The van der Waals surface area contributed by atoms with E-state index in [-0.39, 0.29) is 4.75 Å². The predicted molar refractivity (Wildman–Crippen MR) is 83.7 cm³/mol. The van der Waals surface area contributed by atoms with Crippen LogP contribution in [0, 0.1) is 25.2 Å². The second-order valence-corrected chi connectivity index (χ2v) is 6.11. The minimum absolute atomic E-state index is 0.234. The molecule has 1 aromatic rings. The van der Waals surface area contributed by atoms with Crippen molar-refractivity contribution >= 4 is 17.4 Å². The molecule has 1 heterocycles. The molecule has 0 aliphatic carbocycles. The van der Waals surface area contributed by atoms with Gasteiger partial charge in [0, 0.05) is 17.0 Å². The number of rotatable bonds is 6. The second kappa shape index (κ2) is 6.81. The number of hydrogen-bond donors (Lipinski definition) is 1. The van der Waals surface area contributed by atoms with E-state index in [4.69, 9.17) is 0 Å². The van der Waals surface area contributed by atoms with Gasteiger partial charge in [-0.05, 0) is 39.0 Å². The zero-order valence-electron chi connectivity index (χ0n) is 12.5. The van der Waals surface area contributed by atoms with E-state index in [2.05, 4.69) is 36.5 Å². The third-order valence-corrected chi connectivity index (χ3v) is 5.35. The van der Waals surface area contributed by atoms with Crippen molar-refractivity contribution in [1.29, 1.82) is 5.26 Å². The Morgan fingerprint density at radius 2 is 2.00 bits per heavy atom. The first-order valence-electron chi connectivity index (χ1n) is 6.69. The normalized spacial score (nSPS) is 11.2. The molecule has 104 valence electrons. The minimum Gasteiger partial charge on any atom is -0.382 e. The van der Waals surface area contributed by atoms with Crippen LogP contribution in [0.15, 0.2) is 6.07 Å². The molecule has 0 unspecified atom stereocenters. The van der Waals surface area contributed by atoms with Gasteiger partial charge in [0.2, 0.25) is 0 Å². The van der Waals surface area contributed by atoms with Crippen LogP contribution in [0.5, 0.6) is 0 Å². The zero-order chi connectivity index (χ0) is 14.5. The molecule has 0 aromatic carbocycles. The summed E-state index contributed by atoms with van der Waals surface area (Å²) in [6, 6.07) is 4.21. The molecule has 0 spiro atoms. The van der Waals surface area contributed by atoms with Crippen LogP contribution in [0.4, 0.5) is 5.69 Å². The first-order valence-corrected chi connectivity index (χ1v) is 7.91. The van der Waals surface area contributed by atoms with Gasteiger partial charge >= 0.3 is 0 Å². The predicted octanol–water partition coefficient (Wildman–Crippen LogP) is 3.90. The van der Waals surface area contributed by atoms with E-state index in [1.807, 2.05) is 31.7 Å². The lowest BCUT2D eigenvalue weighted by molar-refractivity contribution is 0.574. The van der Waals surface area contributed by atoms with Crippen molar-refractivity contribution in [3.63, 3.8) is 0 Å². The van der Waals surface area contributed by atoms with Crippen LogP contribution < -0.4 is 5.32 Å². The number of hydrogen-bond acceptors (Lipinski definition) is 4. The van der Waals surface area contributed by atoms with Gasteiger partial charge in [-0.3, -0.25) is 4.98 Å². The molecule has 0 atom stereocenters. The van der Waals surface area contributed by atoms with Crippen LogP contribution in [0.2, 0.25) is 0 Å². The van der Waals surface area contributed by atoms with Crippen molar-refractivity contribution in [1.82, 2.24) is 4.98 Å². The number of nitrogens with zero attached hydrogens (tertiary/aromatic N) is 2. The highest BCUT2D eigenvalue weighted by atomic mass is 32.2. The van der Waals surface area contributed by atoms with Gasteiger partial charge in [0.1, 0.15) is 6.07 Å². The van der Waals surface area contributed by atoms with Crippen molar-refractivity contribution in [2.24, 2.45) is 0 Å². The van der Waals surface area contributed by atoms with Crippen molar-refractivity contribution in [2.75, 3.05) is 18.1 Å². The van der Waals surface area contributed by atoms with Gasteiger partial charge in [0.15, 0.2) is 0 Å². The third kappa shape index (κ3) is 3.63. The summed E-state index contributed by atoms with van der Waals surface area (Å²) in [7, 11) is 0. The first kappa shape index (κ1) is 15.8. The molecule has 0 amide bonds. The van der Waals surface area contributed by atoms with Crippen LogP contribution in [0.3, 0.4) is 0 Å². The fourth-order valence-electron chi connectivity index (χ4n) is 2.23. The average molecular weight is 277 g/mol. The molecule has 0 bridgehead atoms. The van der Waals surface area contributed by atoms with Gasteiger partial charge in [0.25, 0.3) is 0 Å². The van der Waals surface area contributed by atoms with E-state index in [0.717, 1.165) is 36.5 Å². The van der Waals surface area contributed by atoms with Crippen LogP contribution in [-0.2, 0) is 0 Å². The SMILES string of the molecule is CCC(CC)(CNc1cc(C)nc(C)c1C#N)SC. The maximum Gasteiger partial charge on any atom is 0.103 e. The highest BCUT2D eigenvalue weighted by Gasteiger charge is 2.25. The monoisotopic (exact) mass is 277 g/mol. The van der Waals surface area contributed by atoms with E-state index >= 15 is 0 Å². The van der Waals surface area contributed by atoms with Crippen LogP contribution in [-0.4, -0.2) is 22.5 Å². The van der Waals surface area contributed by atoms with E-state index < -0.39 is 0 Å². The number of aromatic nitrogens is 1. The Labute approximate surface area is 120 Å². The Balaban J connectivity index is 2.98. The molecule has 0 fully saturated rings. The molecule has 1 rings (SSSR count). The Hall–Kier alpha value is -1.21. The molecular formula is C15H23N3S. The average Bonchev–Trinajstić information content (AvgIpc) is 2.40. The second-order valence-electron chi connectivity index (χ2n) is 4.83. The summed E-state index contributed by atoms with van der Waals surface area (Å²) in [5, 5.41) is 12.7. The quantitative estimate of drug-likeness (QED) is 0.856. The van der Waals surface area contributed by atoms with Crippen molar-refractivity contribution < 1.29 is 0 Å². The highest BCUT2D eigenvalue weighted by Crippen LogP contribution is 2.31. The Morgan fingerprint density at radius 3 is 2.47 bits per heavy atom. The molecule has 19 heavy (non-hydrogen) atoms. The molecule has 0 aliphatic rings. The van der Waals surface area contributed by atoms with Gasteiger partial charge in [-0.25, -0.2) is 0 Å². The summed E-state index contributed by atoms with van der Waals surface area (Å²) in [6.07, 6.45) is 4.38. The highest BCUT2D eigenvalue weighted by molar-refractivity contribution is 8.00. The lowest BCUT2D eigenvalue weighted by Gasteiger charge is -2.30. The molecule has 3 nitrogen and oxygen atoms in total. The maximum absolute atomic E-state index is 9.26. The standard InChI is InChI=1S/C15H23N3S/c1-6-15(7-2,19-5)10-17-14-8-11(3)18-12(4)13(14)9-16/h8H,6-7,10H2,1-5H3,(H,17,18). The van der Waals surface area contributed by atoms with Gasteiger partial charge < -0.3 is 5.32 Å². The number of aryl methyl sites for hydroxylation is 2. The lowest BCUT2D eigenvalue weighted by atomic mass is 10.0. The van der Waals surface area contributed by atoms with Crippen molar-refractivity contribution in [3.8, 4) is 6.07 Å². The number of anilines is 1. The number of nitrogens with one attached hydrogen (secondary N) is 1. The molecule has 1 aromatic heterocycles. The number of thioether (sulfide) groups is 1. The first-order chi connectivity index (χ1) is 9.01. The molecule has 4 heteroatoms. The largest absolute Gasteiger partial charge is 0.382 e. The molecular weight excluding hydrogens is 254 g/mol. The number of pyridine rings is 1. The smallest absolute Gasteiger partial charge is 0.103 e. The van der Waals surface area contributed by atoms with E-state index in [9.17, 15) is 5.26 Å². The minimum atomic E-state index is 0.234. The molecule has 1 N–H and O–H groups in total. The van der Waals surface area contributed by atoms with Crippen molar-refractivity contribution in [2.45, 2.75) is 45.3 Å². The van der Waals surface area contributed by atoms with E-state index in [0.29, 0.717) is 5.56 Å². The summed E-state index contributed by atoms with van der Waals surface area (Å²) in [5.74, 6) is 0. The lowest BCUT2D eigenvalue weighted by Crippen LogP contribution is -2.32. The third-order valence-electron chi connectivity index (χ3n) is 3.76. The van der Waals surface area contributed by atoms with Crippen LogP contribution in [0.1, 0.15) is 43.6 Å². The summed E-state index contributed by atoms with van der Waals surface area (Å²) in [5.41, 5.74) is 3.31. The van der Waals surface area contributed by atoms with E-state index in [1.54, 1.807) is 0 Å². The Bertz CT molecular complexity index is 465. The molecule has 0 saturated heterocycles. The maximum atomic E-state index is 9.26. The fourth-order valence-corrected chi connectivity index (χ4v) is 3.02. The Kier molecular flexibility index (Phi) is 5.68. The van der Waals surface area contributed by atoms with E-state index in [1.165, 1.54) is 0 Å². The topological polar surface area (TPSA) is 48.7 Å². The van der Waals surface area contributed by atoms with Gasteiger partial charge in [-0.15, -0.1) is 0 Å². The summed E-state index contributed by atoms with van der Waals surface area (Å²) in [6.45, 7) is 9.16. The molecule has 0 saturated carbocycles. The summed E-state index contributed by atoms with van der Waals surface area (Å²) >= 11 is 1.90. The summed E-state index contributed by atoms with van der Waals surface area (Å²) in [4.78, 5) is 4.34. The van der Waals surface area contributed by atoms with Crippen molar-refractivity contribution in [3.05, 3.63) is 23.0 Å². The fraction of sp³-hybridized carbons (Fsp3) is 0.600. The summed E-state index contributed by atoms with van der Waals surface area (Å²) < 4.78 is 0.234. The zero-order valence-corrected chi connectivity index (χ0v) is 13.3.